The third-order valence-electron chi connectivity index (χ3n) is 3.74. The van der Waals surface area contributed by atoms with Gasteiger partial charge in [0.1, 0.15) is 0 Å². The predicted molar refractivity (Wildman–Crippen MR) is 82.3 cm³/mol. The maximum absolute atomic E-state index is 12.6. The summed E-state index contributed by atoms with van der Waals surface area (Å²) in [5.41, 5.74) is 2.54. The second-order valence-corrected chi connectivity index (χ2v) is 5.61. The van der Waals surface area contributed by atoms with E-state index in [0.29, 0.717) is 6.42 Å². The number of carbonyl (C=O) groups is 2. The van der Waals surface area contributed by atoms with Crippen molar-refractivity contribution < 1.29 is 9.59 Å². The lowest BCUT2D eigenvalue weighted by Gasteiger charge is -2.14. The summed E-state index contributed by atoms with van der Waals surface area (Å²) in [7, 11) is 0. The molecule has 0 radical (unpaired) electrons. The zero-order chi connectivity index (χ0) is 15.7. The Morgan fingerprint density at radius 1 is 1.09 bits per heavy atom. The van der Waals surface area contributed by atoms with E-state index in [9.17, 15) is 9.59 Å². The number of amides is 2. The summed E-state index contributed by atoms with van der Waals surface area (Å²) in [6, 6.07) is 11.5. The molecular weight excluding hydrogens is 278 g/mol. The first-order valence-corrected chi connectivity index (χ1v) is 7.27. The highest BCUT2D eigenvalue weighted by atomic mass is 16.2. The molecule has 1 aliphatic heterocycles. The molecule has 0 bridgehead atoms. The van der Waals surface area contributed by atoms with Gasteiger partial charge in [-0.05, 0) is 31.9 Å². The van der Waals surface area contributed by atoms with Crippen molar-refractivity contribution in [1.29, 1.82) is 0 Å². The van der Waals surface area contributed by atoms with Crippen molar-refractivity contribution in [2.45, 2.75) is 26.7 Å². The molecule has 1 aromatic carbocycles. The third kappa shape index (κ3) is 2.74. The minimum absolute atomic E-state index is 0.197. The quantitative estimate of drug-likeness (QED) is 0.814. The summed E-state index contributed by atoms with van der Waals surface area (Å²) >= 11 is 0. The van der Waals surface area contributed by atoms with Gasteiger partial charge in [0, 0.05) is 17.8 Å². The van der Waals surface area contributed by atoms with Gasteiger partial charge in [-0.25, -0.2) is 14.9 Å². The maximum atomic E-state index is 12.6. The van der Waals surface area contributed by atoms with Gasteiger partial charge in [0.05, 0.1) is 5.92 Å². The van der Waals surface area contributed by atoms with E-state index >= 15 is 0 Å². The Morgan fingerprint density at radius 3 is 2.36 bits per heavy atom. The van der Waals surface area contributed by atoms with Crippen LogP contribution in [0.5, 0.6) is 0 Å². The lowest BCUT2D eigenvalue weighted by Crippen LogP contribution is -2.32. The molecule has 2 heterocycles. The Kier molecular flexibility index (Phi) is 3.71. The molecule has 0 saturated carbocycles. The molecule has 0 aliphatic carbocycles. The summed E-state index contributed by atoms with van der Waals surface area (Å²) in [6.07, 6.45) is 0.775. The first kappa shape index (κ1) is 14.4. The molecule has 5 heteroatoms. The summed E-state index contributed by atoms with van der Waals surface area (Å²) < 4.78 is 0. The van der Waals surface area contributed by atoms with Crippen LogP contribution in [0.3, 0.4) is 0 Å². The van der Waals surface area contributed by atoms with Crippen LogP contribution in [0.25, 0.3) is 0 Å². The summed E-state index contributed by atoms with van der Waals surface area (Å²) in [5, 5.41) is 0. The monoisotopic (exact) mass is 295 g/mol. The average molecular weight is 295 g/mol. The molecule has 1 aromatic heterocycles. The van der Waals surface area contributed by atoms with Crippen LogP contribution in [0.2, 0.25) is 0 Å². The van der Waals surface area contributed by atoms with E-state index in [1.165, 1.54) is 0 Å². The van der Waals surface area contributed by atoms with Crippen LogP contribution < -0.4 is 4.90 Å². The fourth-order valence-electron chi connectivity index (χ4n) is 2.77. The first-order chi connectivity index (χ1) is 10.5. The van der Waals surface area contributed by atoms with E-state index in [-0.39, 0.29) is 30.1 Å². The number of hydrogen-bond acceptors (Lipinski definition) is 4. The molecular formula is C17H17N3O2. The van der Waals surface area contributed by atoms with Crippen molar-refractivity contribution in [2.75, 3.05) is 4.90 Å². The molecule has 0 spiro atoms. The van der Waals surface area contributed by atoms with Gasteiger partial charge < -0.3 is 0 Å². The number of aromatic nitrogens is 2. The van der Waals surface area contributed by atoms with Crippen molar-refractivity contribution in [3.63, 3.8) is 0 Å². The van der Waals surface area contributed by atoms with Gasteiger partial charge in [0.25, 0.3) is 0 Å². The molecule has 22 heavy (non-hydrogen) atoms. The highest BCUT2D eigenvalue weighted by Gasteiger charge is 2.40. The average Bonchev–Trinajstić information content (AvgIpc) is 2.73. The van der Waals surface area contributed by atoms with Gasteiger partial charge in [-0.3, -0.25) is 9.59 Å². The molecule has 2 aromatic rings. The molecule has 2 amide bonds. The molecule has 0 unspecified atom stereocenters. The molecule has 3 rings (SSSR count). The van der Waals surface area contributed by atoms with Crippen LogP contribution >= 0.6 is 0 Å². The van der Waals surface area contributed by atoms with Gasteiger partial charge >= 0.3 is 0 Å². The maximum Gasteiger partial charge on any atom is 0.240 e. The predicted octanol–water partition coefficient (Wildman–Crippen LogP) is 2.22. The van der Waals surface area contributed by atoms with Crippen LogP contribution in [-0.2, 0) is 16.0 Å². The number of benzene rings is 1. The number of nitrogens with zero attached hydrogens (tertiary/aromatic N) is 3. The Labute approximate surface area is 129 Å². The fraction of sp³-hybridized carbons (Fsp3) is 0.294. The first-order valence-electron chi connectivity index (χ1n) is 7.27. The van der Waals surface area contributed by atoms with Crippen LogP contribution in [-0.4, -0.2) is 21.8 Å². The van der Waals surface area contributed by atoms with E-state index in [1.807, 2.05) is 50.2 Å². The second kappa shape index (κ2) is 5.67. The summed E-state index contributed by atoms with van der Waals surface area (Å²) in [5.74, 6) is -0.572. The fourth-order valence-corrected chi connectivity index (χ4v) is 2.77. The van der Waals surface area contributed by atoms with Crippen LogP contribution in [0, 0.1) is 19.8 Å². The molecule has 5 nitrogen and oxygen atoms in total. The lowest BCUT2D eigenvalue weighted by atomic mass is 9.98. The number of rotatable bonds is 3. The number of anilines is 1. The van der Waals surface area contributed by atoms with E-state index in [4.69, 9.17) is 0 Å². The topological polar surface area (TPSA) is 63.2 Å². The van der Waals surface area contributed by atoms with Crippen molar-refractivity contribution in [1.82, 2.24) is 9.97 Å². The van der Waals surface area contributed by atoms with Crippen molar-refractivity contribution in [3.8, 4) is 0 Å². The highest BCUT2D eigenvalue weighted by Crippen LogP contribution is 2.26. The zero-order valence-electron chi connectivity index (χ0n) is 12.6. The van der Waals surface area contributed by atoms with Gasteiger partial charge in [-0.2, -0.15) is 0 Å². The molecule has 1 atom stereocenters. The SMILES string of the molecule is Cc1cc(C)nc(N2C(=O)C[C@@H](Cc3ccccc3)C2=O)n1. The summed E-state index contributed by atoms with van der Waals surface area (Å²) in [4.78, 5) is 34.4. The van der Waals surface area contributed by atoms with Gasteiger partial charge in [-0.15, -0.1) is 0 Å². The molecule has 1 fully saturated rings. The summed E-state index contributed by atoms with van der Waals surface area (Å²) in [6.45, 7) is 3.65. The highest BCUT2D eigenvalue weighted by molar-refractivity contribution is 6.20. The Balaban J connectivity index is 1.85. The lowest BCUT2D eigenvalue weighted by molar-refractivity contribution is -0.122. The molecule has 1 aliphatic rings. The van der Waals surface area contributed by atoms with Gasteiger partial charge in [0.2, 0.25) is 17.8 Å². The minimum Gasteiger partial charge on any atom is -0.274 e. The van der Waals surface area contributed by atoms with E-state index < -0.39 is 0 Å². The Morgan fingerprint density at radius 2 is 1.73 bits per heavy atom. The Hall–Kier alpha value is -2.56. The van der Waals surface area contributed by atoms with E-state index in [0.717, 1.165) is 21.9 Å². The number of carbonyl (C=O) groups excluding carboxylic acids is 2. The number of aryl methyl sites for hydroxylation is 2. The third-order valence-corrected chi connectivity index (χ3v) is 3.74. The normalized spacial score (nSPS) is 18.1. The standard InChI is InChI=1S/C17H17N3O2/c1-11-8-12(2)19-17(18-11)20-15(21)10-14(16(20)22)9-13-6-4-3-5-7-13/h3-8,14H,9-10H2,1-2H3/t14-/m1/s1. The number of hydrogen-bond donors (Lipinski definition) is 0. The van der Waals surface area contributed by atoms with E-state index in [2.05, 4.69) is 9.97 Å². The van der Waals surface area contributed by atoms with Crippen LogP contribution in [0.1, 0.15) is 23.4 Å². The smallest absolute Gasteiger partial charge is 0.240 e. The number of imide groups is 1. The van der Waals surface area contributed by atoms with E-state index in [1.54, 1.807) is 0 Å². The van der Waals surface area contributed by atoms with Crippen molar-refractivity contribution >= 4 is 17.8 Å². The second-order valence-electron chi connectivity index (χ2n) is 5.61. The van der Waals surface area contributed by atoms with Gasteiger partial charge in [0.15, 0.2) is 0 Å². The van der Waals surface area contributed by atoms with Gasteiger partial charge in [-0.1, -0.05) is 30.3 Å². The zero-order valence-corrected chi connectivity index (χ0v) is 12.6. The Bertz CT molecular complexity index is 708. The minimum atomic E-state index is -0.334. The van der Waals surface area contributed by atoms with Crippen LogP contribution in [0.4, 0.5) is 5.95 Å². The van der Waals surface area contributed by atoms with Crippen molar-refractivity contribution in [2.24, 2.45) is 5.92 Å². The molecule has 1 saturated heterocycles. The largest absolute Gasteiger partial charge is 0.274 e. The van der Waals surface area contributed by atoms with Crippen LogP contribution in [0.15, 0.2) is 36.4 Å². The molecule has 112 valence electrons. The van der Waals surface area contributed by atoms with Crippen molar-refractivity contribution in [3.05, 3.63) is 53.3 Å². The molecule has 0 N–H and O–H groups in total.